The fraction of sp³-hybridized carbons (Fsp3) is 0.435. The van der Waals surface area contributed by atoms with Gasteiger partial charge in [-0.05, 0) is 75.1 Å². The Bertz CT molecular complexity index is 985. The molecule has 0 unspecified atom stereocenters. The number of rotatable bonds is 11. The van der Waals surface area contributed by atoms with Crippen LogP contribution in [0.5, 0.6) is 5.75 Å². The molecule has 0 atom stereocenters. The van der Waals surface area contributed by atoms with Crippen LogP contribution < -0.4 is 14.4 Å². The Labute approximate surface area is 185 Å². The van der Waals surface area contributed by atoms with Crippen molar-refractivity contribution in [2.45, 2.75) is 39.0 Å². The summed E-state index contributed by atoms with van der Waals surface area (Å²) in [5.74, 6) is -0.150. The largest absolute Gasteiger partial charge is 0.495 e. The number of nitrogens with zero attached hydrogens (tertiary/aromatic N) is 1. The van der Waals surface area contributed by atoms with Crippen LogP contribution in [0.2, 0.25) is 0 Å². The van der Waals surface area contributed by atoms with Crippen LogP contribution in [0.15, 0.2) is 41.3 Å². The molecule has 0 aromatic heterocycles. The molecule has 0 aliphatic heterocycles. The fourth-order valence-electron chi connectivity index (χ4n) is 3.25. The summed E-state index contributed by atoms with van der Waals surface area (Å²) in [5, 5.41) is 2.78. The number of hydrogen-bond donors (Lipinski definition) is 1. The third-order valence-electron chi connectivity index (χ3n) is 4.66. The highest BCUT2D eigenvalue weighted by Gasteiger charge is 2.30. The molecule has 0 bridgehead atoms. The molecule has 0 spiro atoms. The standard InChI is InChI=1S/C23H32N2O5S/c1-6-30-11-7-10-24-23(26)16-25(20-13-18(3)12-19(4)14-20)31(27,28)22-15-17(2)8-9-21(22)29-5/h8-9,12-15H,6-7,10-11,16H2,1-5H3,(H,24,26). The molecule has 0 saturated heterocycles. The van der Waals surface area contributed by atoms with Gasteiger partial charge in [0.25, 0.3) is 10.0 Å². The molecule has 0 saturated carbocycles. The van der Waals surface area contributed by atoms with Crippen molar-refractivity contribution < 1.29 is 22.7 Å². The van der Waals surface area contributed by atoms with Crippen molar-refractivity contribution in [3.8, 4) is 5.75 Å². The van der Waals surface area contributed by atoms with Crippen LogP contribution in [-0.2, 0) is 19.6 Å². The highest BCUT2D eigenvalue weighted by Crippen LogP contribution is 2.31. The average Bonchev–Trinajstić information content (AvgIpc) is 2.71. The van der Waals surface area contributed by atoms with Crippen molar-refractivity contribution in [1.29, 1.82) is 0 Å². The lowest BCUT2D eigenvalue weighted by Gasteiger charge is -2.26. The van der Waals surface area contributed by atoms with Crippen LogP contribution in [0.4, 0.5) is 5.69 Å². The number of anilines is 1. The summed E-state index contributed by atoms with van der Waals surface area (Å²) in [5.41, 5.74) is 3.03. The Hall–Kier alpha value is -2.58. The molecule has 2 aromatic rings. The first-order valence-electron chi connectivity index (χ1n) is 10.3. The molecule has 2 rings (SSSR count). The minimum absolute atomic E-state index is 0.0262. The predicted molar refractivity (Wildman–Crippen MR) is 122 cm³/mol. The minimum Gasteiger partial charge on any atom is -0.495 e. The van der Waals surface area contributed by atoms with Gasteiger partial charge in [0.1, 0.15) is 17.2 Å². The second-order valence-electron chi connectivity index (χ2n) is 7.41. The second-order valence-corrected chi connectivity index (χ2v) is 9.24. The van der Waals surface area contributed by atoms with Gasteiger partial charge in [-0.1, -0.05) is 12.1 Å². The summed E-state index contributed by atoms with van der Waals surface area (Å²) in [7, 11) is -2.64. The van der Waals surface area contributed by atoms with Gasteiger partial charge in [-0.2, -0.15) is 0 Å². The fourth-order valence-corrected chi connectivity index (χ4v) is 4.89. The van der Waals surface area contributed by atoms with Crippen LogP contribution in [-0.4, -0.2) is 47.7 Å². The van der Waals surface area contributed by atoms with Gasteiger partial charge in [0.05, 0.1) is 12.8 Å². The molecule has 0 aliphatic carbocycles. The number of amides is 1. The summed E-state index contributed by atoms with van der Waals surface area (Å²) in [6, 6.07) is 10.4. The van der Waals surface area contributed by atoms with Gasteiger partial charge in [-0.15, -0.1) is 0 Å². The molecular weight excluding hydrogens is 416 g/mol. The van der Waals surface area contributed by atoms with Gasteiger partial charge in [0.15, 0.2) is 0 Å². The monoisotopic (exact) mass is 448 g/mol. The van der Waals surface area contributed by atoms with Crippen molar-refractivity contribution in [3.05, 3.63) is 53.1 Å². The lowest BCUT2D eigenvalue weighted by atomic mass is 10.1. The first-order chi connectivity index (χ1) is 14.7. The lowest BCUT2D eigenvalue weighted by Crippen LogP contribution is -2.41. The van der Waals surface area contributed by atoms with Crippen molar-refractivity contribution in [1.82, 2.24) is 5.32 Å². The number of hydrogen-bond acceptors (Lipinski definition) is 5. The first kappa shape index (κ1) is 24.7. The van der Waals surface area contributed by atoms with Crippen molar-refractivity contribution >= 4 is 21.6 Å². The highest BCUT2D eigenvalue weighted by atomic mass is 32.2. The maximum atomic E-state index is 13.7. The average molecular weight is 449 g/mol. The smallest absolute Gasteiger partial charge is 0.268 e. The number of carbonyl (C=O) groups excluding carboxylic acids is 1. The van der Waals surface area contributed by atoms with Gasteiger partial charge in [-0.25, -0.2) is 8.42 Å². The molecule has 170 valence electrons. The first-order valence-corrected chi connectivity index (χ1v) is 11.7. The number of methoxy groups -OCH3 is 1. The minimum atomic E-state index is -4.06. The summed E-state index contributed by atoms with van der Waals surface area (Å²) in [4.78, 5) is 12.7. The van der Waals surface area contributed by atoms with E-state index in [0.717, 1.165) is 21.0 Å². The van der Waals surface area contributed by atoms with E-state index in [4.69, 9.17) is 9.47 Å². The Morgan fingerprint density at radius 1 is 1.03 bits per heavy atom. The maximum absolute atomic E-state index is 13.7. The summed E-state index contributed by atoms with van der Waals surface area (Å²) in [6.45, 7) is 8.73. The molecule has 31 heavy (non-hydrogen) atoms. The topological polar surface area (TPSA) is 84.9 Å². The molecule has 0 fully saturated rings. The van der Waals surface area contributed by atoms with E-state index in [1.807, 2.05) is 33.8 Å². The van der Waals surface area contributed by atoms with Crippen molar-refractivity contribution in [3.63, 3.8) is 0 Å². The molecule has 1 N–H and O–H groups in total. The Morgan fingerprint density at radius 2 is 1.71 bits per heavy atom. The number of sulfonamides is 1. The Kier molecular flexibility index (Phi) is 8.88. The zero-order valence-corrected chi connectivity index (χ0v) is 19.7. The Balaban J connectivity index is 2.40. The number of ether oxygens (including phenoxy) is 2. The second kappa shape index (κ2) is 11.2. The molecule has 0 radical (unpaired) electrons. The van der Waals surface area contributed by atoms with Crippen LogP contribution in [0.1, 0.15) is 30.0 Å². The quantitative estimate of drug-likeness (QED) is 0.533. The molecule has 0 aliphatic rings. The molecule has 1 amide bonds. The predicted octanol–water partition coefficient (Wildman–Crippen LogP) is 3.36. The van der Waals surface area contributed by atoms with E-state index in [1.165, 1.54) is 7.11 Å². The zero-order chi connectivity index (χ0) is 23.0. The number of nitrogens with one attached hydrogen (secondary N) is 1. The maximum Gasteiger partial charge on any atom is 0.268 e. The van der Waals surface area contributed by atoms with E-state index < -0.39 is 10.0 Å². The van der Waals surface area contributed by atoms with Crippen LogP contribution in [0, 0.1) is 20.8 Å². The van der Waals surface area contributed by atoms with E-state index in [2.05, 4.69) is 5.32 Å². The zero-order valence-electron chi connectivity index (χ0n) is 18.9. The van der Waals surface area contributed by atoms with E-state index >= 15 is 0 Å². The van der Waals surface area contributed by atoms with E-state index in [9.17, 15) is 13.2 Å². The van der Waals surface area contributed by atoms with E-state index in [-0.39, 0.29) is 23.1 Å². The summed E-state index contributed by atoms with van der Waals surface area (Å²) in [6.07, 6.45) is 0.654. The van der Waals surface area contributed by atoms with Crippen LogP contribution >= 0.6 is 0 Å². The number of benzene rings is 2. The molecule has 8 heteroatoms. The SMILES string of the molecule is CCOCCCNC(=O)CN(c1cc(C)cc(C)c1)S(=O)(=O)c1cc(C)ccc1OC. The lowest BCUT2D eigenvalue weighted by molar-refractivity contribution is -0.119. The van der Waals surface area contributed by atoms with Gasteiger partial charge in [-0.3, -0.25) is 9.10 Å². The molecule has 2 aromatic carbocycles. The third kappa shape index (κ3) is 6.70. The van der Waals surface area contributed by atoms with Crippen LogP contribution in [0.25, 0.3) is 0 Å². The van der Waals surface area contributed by atoms with Gasteiger partial charge in [0, 0.05) is 19.8 Å². The van der Waals surface area contributed by atoms with Gasteiger partial charge in [0.2, 0.25) is 5.91 Å². The highest BCUT2D eigenvalue weighted by molar-refractivity contribution is 7.93. The van der Waals surface area contributed by atoms with E-state index in [1.54, 1.807) is 30.3 Å². The molecule has 7 nitrogen and oxygen atoms in total. The van der Waals surface area contributed by atoms with Gasteiger partial charge < -0.3 is 14.8 Å². The number of aryl methyl sites for hydroxylation is 3. The van der Waals surface area contributed by atoms with Gasteiger partial charge >= 0.3 is 0 Å². The van der Waals surface area contributed by atoms with Crippen LogP contribution in [0.3, 0.4) is 0 Å². The summed E-state index contributed by atoms with van der Waals surface area (Å²) >= 11 is 0. The van der Waals surface area contributed by atoms with Crippen molar-refractivity contribution in [2.75, 3.05) is 37.7 Å². The number of carbonyl (C=O) groups is 1. The third-order valence-corrected chi connectivity index (χ3v) is 6.46. The van der Waals surface area contributed by atoms with E-state index in [0.29, 0.717) is 31.9 Å². The Morgan fingerprint density at radius 3 is 2.32 bits per heavy atom. The summed E-state index contributed by atoms with van der Waals surface area (Å²) < 4.78 is 39.1. The van der Waals surface area contributed by atoms with Crippen molar-refractivity contribution in [2.24, 2.45) is 0 Å². The molecule has 0 heterocycles. The molecular formula is C23H32N2O5S. The normalized spacial score (nSPS) is 11.3.